The molecule has 17 heavy (non-hydrogen) atoms. The van der Waals surface area contributed by atoms with E-state index in [1.54, 1.807) is 6.07 Å². The van der Waals surface area contributed by atoms with Crippen molar-refractivity contribution < 1.29 is 14.3 Å². The summed E-state index contributed by atoms with van der Waals surface area (Å²) < 4.78 is 4.44. The third-order valence-electron chi connectivity index (χ3n) is 2.02. The van der Waals surface area contributed by atoms with E-state index in [0.29, 0.717) is 10.6 Å². The van der Waals surface area contributed by atoms with Crippen molar-refractivity contribution in [3.63, 3.8) is 0 Å². The van der Waals surface area contributed by atoms with Crippen LogP contribution in [0.5, 0.6) is 0 Å². The van der Waals surface area contributed by atoms with Crippen LogP contribution in [0.1, 0.15) is 16.8 Å². The molecule has 1 amide bonds. The van der Waals surface area contributed by atoms with E-state index in [9.17, 15) is 9.59 Å². The Morgan fingerprint density at radius 3 is 2.65 bits per heavy atom. The van der Waals surface area contributed by atoms with Crippen molar-refractivity contribution in [3.05, 3.63) is 33.8 Å². The van der Waals surface area contributed by atoms with Crippen LogP contribution in [0.3, 0.4) is 0 Å². The van der Waals surface area contributed by atoms with Crippen LogP contribution in [0, 0.1) is 0 Å². The molecule has 0 saturated carbocycles. The maximum Gasteiger partial charge on any atom is 0.307 e. The Morgan fingerprint density at radius 1 is 1.35 bits per heavy atom. The molecule has 1 aromatic rings. The van der Waals surface area contributed by atoms with Gasteiger partial charge in [-0.3, -0.25) is 9.59 Å². The number of rotatable bonds is 4. The lowest BCUT2D eigenvalue weighted by Crippen LogP contribution is -2.26. The quantitative estimate of drug-likeness (QED) is 0.858. The molecule has 1 rings (SSSR count). The van der Waals surface area contributed by atoms with Crippen molar-refractivity contribution >= 4 is 35.1 Å². The van der Waals surface area contributed by atoms with E-state index in [2.05, 4.69) is 10.1 Å². The number of benzene rings is 1. The summed E-state index contributed by atoms with van der Waals surface area (Å²) in [5.74, 6) is -0.733. The first-order chi connectivity index (χ1) is 8.04. The molecule has 6 heteroatoms. The van der Waals surface area contributed by atoms with Gasteiger partial charge in [0.2, 0.25) is 0 Å². The molecule has 0 aliphatic carbocycles. The molecule has 1 aromatic carbocycles. The monoisotopic (exact) mass is 275 g/mol. The standard InChI is InChI=1S/C11H11Cl2NO3/c1-17-10(15)4-5-14-11(16)8-3-2-7(12)6-9(8)13/h2-3,6H,4-5H2,1H3,(H,14,16). The third kappa shape index (κ3) is 4.24. The second-order valence-electron chi connectivity index (χ2n) is 3.21. The van der Waals surface area contributed by atoms with Gasteiger partial charge in [-0.15, -0.1) is 0 Å². The van der Waals surface area contributed by atoms with Crippen LogP contribution in [-0.2, 0) is 9.53 Å². The molecule has 4 nitrogen and oxygen atoms in total. The molecule has 0 atom stereocenters. The van der Waals surface area contributed by atoms with Crippen LogP contribution in [0.2, 0.25) is 10.0 Å². The first-order valence-electron chi connectivity index (χ1n) is 4.84. The molecule has 0 aliphatic rings. The van der Waals surface area contributed by atoms with Crippen LogP contribution < -0.4 is 5.32 Å². The lowest BCUT2D eigenvalue weighted by molar-refractivity contribution is -0.140. The van der Waals surface area contributed by atoms with Gasteiger partial charge in [0.1, 0.15) is 0 Å². The highest BCUT2D eigenvalue weighted by Crippen LogP contribution is 2.20. The number of hydrogen-bond acceptors (Lipinski definition) is 3. The number of carbonyl (C=O) groups is 2. The summed E-state index contributed by atoms with van der Waals surface area (Å²) in [7, 11) is 1.29. The Kier molecular flexibility index (Phi) is 5.25. The lowest BCUT2D eigenvalue weighted by atomic mass is 10.2. The number of carbonyl (C=O) groups excluding carboxylic acids is 2. The van der Waals surface area contributed by atoms with Gasteiger partial charge in [-0.1, -0.05) is 23.2 Å². The SMILES string of the molecule is COC(=O)CCNC(=O)c1ccc(Cl)cc1Cl. The van der Waals surface area contributed by atoms with Crippen molar-refractivity contribution in [2.75, 3.05) is 13.7 Å². The predicted octanol–water partition coefficient (Wildman–Crippen LogP) is 2.29. The van der Waals surface area contributed by atoms with E-state index < -0.39 is 0 Å². The van der Waals surface area contributed by atoms with Crippen LogP contribution >= 0.6 is 23.2 Å². The zero-order valence-corrected chi connectivity index (χ0v) is 10.6. The molecule has 0 aliphatic heterocycles. The zero-order chi connectivity index (χ0) is 12.8. The van der Waals surface area contributed by atoms with Crippen molar-refractivity contribution in [2.24, 2.45) is 0 Å². The largest absolute Gasteiger partial charge is 0.469 e. The fraction of sp³-hybridized carbons (Fsp3) is 0.273. The molecule has 0 fully saturated rings. The molecular formula is C11H11Cl2NO3. The van der Waals surface area contributed by atoms with Crippen molar-refractivity contribution in [3.8, 4) is 0 Å². The van der Waals surface area contributed by atoms with Gasteiger partial charge < -0.3 is 10.1 Å². The Hall–Kier alpha value is -1.26. The molecule has 0 bridgehead atoms. The van der Waals surface area contributed by atoms with E-state index in [-0.39, 0.29) is 29.9 Å². The molecule has 0 heterocycles. The molecular weight excluding hydrogens is 265 g/mol. The third-order valence-corrected chi connectivity index (χ3v) is 2.57. The maximum absolute atomic E-state index is 11.7. The maximum atomic E-state index is 11.7. The van der Waals surface area contributed by atoms with E-state index in [1.165, 1.54) is 19.2 Å². The number of nitrogens with one attached hydrogen (secondary N) is 1. The number of hydrogen-bond donors (Lipinski definition) is 1. The van der Waals surface area contributed by atoms with Gasteiger partial charge in [-0.05, 0) is 18.2 Å². The van der Waals surface area contributed by atoms with Crippen LogP contribution in [0.25, 0.3) is 0 Å². The minimum atomic E-state index is -0.382. The molecule has 0 saturated heterocycles. The van der Waals surface area contributed by atoms with E-state index in [0.717, 1.165) is 0 Å². The van der Waals surface area contributed by atoms with Crippen molar-refractivity contribution in [1.82, 2.24) is 5.32 Å². The Morgan fingerprint density at radius 2 is 2.06 bits per heavy atom. The highest BCUT2D eigenvalue weighted by atomic mass is 35.5. The Balaban J connectivity index is 2.55. The van der Waals surface area contributed by atoms with Gasteiger partial charge >= 0.3 is 5.97 Å². The Bertz CT molecular complexity index is 435. The number of ether oxygens (including phenoxy) is 1. The summed E-state index contributed by atoms with van der Waals surface area (Å²) in [5.41, 5.74) is 0.320. The van der Waals surface area contributed by atoms with Gasteiger partial charge in [-0.2, -0.15) is 0 Å². The smallest absolute Gasteiger partial charge is 0.307 e. The lowest BCUT2D eigenvalue weighted by Gasteiger charge is -2.06. The van der Waals surface area contributed by atoms with Gasteiger partial charge in [0.25, 0.3) is 5.91 Å². The molecule has 92 valence electrons. The molecule has 0 aromatic heterocycles. The van der Waals surface area contributed by atoms with Crippen molar-refractivity contribution in [1.29, 1.82) is 0 Å². The summed E-state index contributed by atoms with van der Waals surface area (Å²) in [6.45, 7) is 0.199. The molecule has 0 radical (unpaired) electrons. The summed E-state index contributed by atoms with van der Waals surface area (Å²) in [5, 5.41) is 3.29. The topological polar surface area (TPSA) is 55.4 Å². The second kappa shape index (κ2) is 6.47. The Labute approximate surface area is 109 Å². The highest BCUT2D eigenvalue weighted by molar-refractivity contribution is 6.36. The second-order valence-corrected chi connectivity index (χ2v) is 4.05. The number of amides is 1. The summed E-state index contributed by atoms with van der Waals surface area (Å²) in [4.78, 5) is 22.5. The van der Waals surface area contributed by atoms with Crippen LogP contribution in [0.4, 0.5) is 0 Å². The highest BCUT2D eigenvalue weighted by Gasteiger charge is 2.10. The van der Waals surface area contributed by atoms with Crippen molar-refractivity contribution in [2.45, 2.75) is 6.42 Å². The minimum absolute atomic E-state index is 0.119. The van der Waals surface area contributed by atoms with E-state index in [4.69, 9.17) is 23.2 Å². The van der Waals surface area contributed by atoms with E-state index >= 15 is 0 Å². The normalized spacial score (nSPS) is 9.82. The average molecular weight is 276 g/mol. The summed E-state index contributed by atoms with van der Waals surface area (Å²) >= 11 is 11.6. The predicted molar refractivity (Wildman–Crippen MR) is 65.4 cm³/mol. The van der Waals surface area contributed by atoms with Gasteiger partial charge in [0.15, 0.2) is 0 Å². The number of esters is 1. The van der Waals surface area contributed by atoms with Gasteiger partial charge in [0, 0.05) is 11.6 Å². The molecule has 1 N–H and O–H groups in total. The zero-order valence-electron chi connectivity index (χ0n) is 9.13. The summed E-state index contributed by atoms with van der Waals surface area (Å²) in [6, 6.07) is 4.58. The van der Waals surface area contributed by atoms with Gasteiger partial charge in [0.05, 0.1) is 24.1 Å². The fourth-order valence-electron chi connectivity index (χ4n) is 1.15. The minimum Gasteiger partial charge on any atom is -0.469 e. The van der Waals surface area contributed by atoms with Gasteiger partial charge in [-0.25, -0.2) is 0 Å². The first-order valence-corrected chi connectivity index (χ1v) is 5.60. The van der Waals surface area contributed by atoms with E-state index in [1.807, 2.05) is 0 Å². The number of halogens is 2. The average Bonchev–Trinajstić information content (AvgIpc) is 2.28. The van der Waals surface area contributed by atoms with Crippen LogP contribution in [0.15, 0.2) is 18.2 Å². The number of methoxy groups -OCH3 is 1. The first kappa shape index (κ1) is 13.8. The summed E-state index contributed by atoms with van der Waals surface area (Å²) in [6.07, 6.45) is 0.119. The van der Waals surface area contributed by atoms with Crippen LogP contribution in [-0.4, -0.2) is 25.5 Å². The molecule has 0 spiro atoms. The fourth-order valence-corrected chi connectivity index (χ4v) is 1.64. The molecule has 0 unspecified atom stereocenters.